The van der Waals surface area contributed by atoms with Gasteiger partial charge in [0, 0.05) is 19.1 Å². The van der Waals surface area contributed by atoms with Gasteiger partial charge in [-0.1, -0.05) is 42.5 Å². The van der Waals surface area contributed by atoms with Gasteiger partial charge in [-0.15, -0.1) is 0 Å². The third-order valence-corrected chi connectivity index (χ3v) is 3.19. The van der Waals surface area contributed by atoms with Gasteiger partial charge in [-0.05, 0) is 37.4 Å². The van der Waals surface area contributed by atoms with Crippen molar-refractivity contribution in [1.82, 2.24) is 10.2 Å². The number of halogens is 1. The zero-order valence-electron chi connectivity index (χ0n) is 12.0. The molecule has 1 atom stereocenters. The molecule has 106 valence electrons. The molecule has 0 aromatic heterocycles. The van der Waals surface area contributed by atoms with Crippen molar-refractivity contribution >= 4 is 0 Å². The van der Waals surface area contributed by atoms with Crippen molar-refractivity contribution in [3.8, 4) is 0 Å². The molecule has 0 radical (unpaired) electrons. The second-order valence-corrected chi connectivity index (χ2v) is 5.24. The van der Waals surface area contributed by atoms with Gasteiger partial charge in [0.05, 0.1) is 0 Å². The smallest absolute Gasteiger partial charge is 0.123 e. The van der Waals surface area contributed by atoms with Crippen LogP contribution in [-0.2, 0) is 6.54 Å². The third kappa shape index (κ3) is 4.44. The lowest BCUT2D eigenvalue weighted by Gasteiger charge is -2.23. The van der Waals surface area contributed by atoms with Crippen molar-refractivity contribution in [2.75, 3.05) is 20.6 Å². The van der Waals surface area contributed by atoms with Crippen LogP contribution in [0.1, 0.15) is 17.2 Å². The fraction of sp³-hybridized carbons (Fsp3) is 0.294. The summed E-state index contributed by atoms with van der Waals surface area (Å²) in [7, 11) is 4.11. The molecule has 20 heavy (non-hydrogen) atoms. The predicted molar refractivity (Wildman–Crippen MR) is 81.0 cm³/mol. The molecule has 0 aliphatic carbocycles. The molecule has 0 aliphatic heterocycles. The lowest BCUT2D eigenvalue weighted by atomic mass is 10.1. The Balaban J connectivity index is 2.05. The van der Waals surface area contributed by atoms with Crippen LogP contribution in [0.5, 0.6) is 0 Å². The molecule has 2 aromatic rings. The van der Waals surface area contributed by atoms with E-state index in [1.54, 1.807) is 12.1 Å². The number of benzene rings is 2. The van der Waals surface area contributed by atoms with Crippen molar-refractivity contribution in [2.24, 2.45) is 0 Å². The van der Waals surface area contributed by atoms with Crippen molar-refractivity contribution in [1.29, 1.82) is 0 Å². The fourth-order valence-electron chi connectivity index (χ4n) is 2.23. The normalized spacial score (nSPS) is 12.6. The van der Waals surface area contributed by atoms with E-state index in [0.29, 0.717) is 6.54 Å². The van der Waals surface area contributed by atoms with E-state index < -0.39 is 0 Å². The molecule has 0 bridgehead atoms. The number of likely N-dealkylation sites (N-methyl/N-ethyl adjacent to an activating group) is 1. The molecule has 2 nitrogen and oxygen atoms in total. The first-order valence-corrected chi connectivity index (χ1v) is 6.82. The van der Waals surface area contributed by atoms with E-state index in [1.165, 1.54) is 11.6 Å². The predicted octanol–water partition coefficient (Wildman–Crippen LogP) is 3.22. The molecule has 0 saturated heterocycles. The molecule has 1 N–H and O–H groups in total. The minimum absolute atomic E-state index is 0.187. The van der Waals surface area contributed by atoms with Gasteiger partial charge in [0.1, 0.15) is 5.82 Å². The molecule has 2 rings (SSSR count). The summed E-state index contributed by atoms with van der Waals surface area (Å²) in [6.07, 6.45) is 0. The van der Waals surface area contributed by atoms with Crippen molar-refractivity contribution in [3.05, 3.63) is 71.5 Å². The molecule has 3 heteroatoms. The van der Waals surface area contributed by atoms with E-state index in [9.17, 15) is 4.39 Å². The first kappa shape index (κ1) is 14.7. The Morgan fingerprint density at radius 1 is 1.05 bits per heavy atom. The monoisotopic (exact) mass is 272 g/mol. The minimum atomic E-state index is -0.187. The van der Waals surface area contributed by atoms with Gasteiger partial charge in [0.25, 0.3) is 0 Å². The molecule has 0 aliphatic rings. The Bertz CT molecular complexity index is 526. The highest BCUT2D eigenvalue weighted by molar-refractivity contribution is 5.21. The number of nitrogens with one attached hydrogen (secondary N) is 1. The Morgan fingerprint density at radius 2 is 1.80 bits per heavy atom. The fourth-order valence-corrected chi connectivity index (χ4v) is 2.23. The van der Waals surface area contributed by atoms with Crippen LogP contribution in [0.3, 0.4) is 0 Å². The summed E-state index contributed by atoms with van der Waals surface area (Å²) in [4.78, 5) is 2.15. The second-order valence-electron chi connectivity index (χ2n) is 5.24. The van der Waals surface area contributed by atoms with E-state index in [-0.39, 0.29) is 11.9 Å². The standard InChI is InChI=1S/C17H21FN2/c1-20(2)13-17(15-8-4-3-5-9-15)19-12-14-7-6-10-16(18)11-14/h3-11,17,19H,12-13H2,1-2H3. The highest BCUT2D eigenvalue weighted by atomic mass is 19.1. The van der Waals surface area contributed by atoms with E-state index >= 15 is 0 Å². The quantitative estimate of drug-likeness (QED) is 0.868. The van der Waals surface area contributed by atoms with Crippen LogP contribution in [0.2, 0.25) is 0 Å². The number of hydrogen-bond acceptors (Lipinski definition) is 2. The van der Waals surface area contributed by atoms with Crippen LogP contribution in [0.4, 0.5) is 4.39 Å². The Morgan fingerprint density at radius 3 is 2.45 bits per heavy atom. The lowest BCUT2D eigenvalue weighted by Crippen LogP contribution is -2.30. The molecule has 0 spiro atoms. The van der Waals surface area contributed by atoms with E-state index in [2.05, 4.69) is 36.4 Å². The van der Waals surface area contributed by atoms with Crippen molar-refractivity contribution < 1.29 is 4.39 Å². The first-order chi connectivity index (χ1) is 9.65. The Labute approximate surface area is 120 Å². The minimum Gasteiger partial charge on any atom is -0.308 e. The average Bonchev–Trinajstić information content (AvgIpc) is 2.44. The van der Waals surface area contributed by atoms with Crippen LogP contribution in [-0.4, -0.2) is 25.5 Å². The van der Waals surface area contributed by atoms with E-state index in [4.69, 9.17) is 0 Å². The molecular formula is C17H21FN2. The highest BCUT2D eigenvalue weighted by Crippen LogP contribution is 2.14. The summed E-state index contributed by atoms with van der Waals surface area (Å²) in [5.74, 6) is -0.187. The summed E-state index contributed by atoms with van der Waals surface area (Å²) >= 11 is 0. The zero-order valence-corrected chi connectivity index (χ0v) is 12.0. The second kappa shape index (κ2) is 7.17. The van der Waals surface area contributed by atoms with Gasteiger partial charge in [-0.3, -0.25) is 0 Å². The van der Waals surface area contributed by atoms with Gasteiger partial charge in [0.15, 0.2) is 0 Å². The van der Waals surface area contributed by atoms with Crippen molar-refractivity contribution in [2.45, 2.75) is 12.6 Å². The topological polar surface area (TPSA) is 15.3 Å². The molecule has 1 unspecified atom stereocenters. The van der Waals surface area contributed by atoms with Crippen LogP contribution < -0.4 is 5.32 Å². The Hall–Kier alpha value is -1.71. The maximum absolute atomic E-state index is 13.2. The maximum atomic E-state index is 13.2. The highest BCUT2D eigenvalue weighted by Gasteiger charge is 2.11. The molecule has 0 amide bonds. The molecule has 0 heterocycles. The summed E-state index contributed by atoms with van der Waals surface area (Å²) in [6, 6.07) is 17.3. The van der Waals surface area contributed by atoms with Crippen LogP contribution >= 0.6 is 0 Å². The molecule has 0 fully saturated rings. The summed E-state index contributed by atoms with van der Waals surface area (Å²) < 4.78 is 13.2. The largest absolute Gasteiger partial charge is 0.308 e. The Kier molecular flexibility index (Phi) is 5.27. The van der Waals surface area contributed by atoms with Gasteiger partial charge in [-0.2, -0.15) is 0 Å². The molecule has 0 saturated carbocycles. The zero-order chi connectivity index (χ0) is 14.4. The summed E-state index contributed by atoms with van der Waals surface area (Å²) in [5, 5.41) is 3.50. The number of hydrogen-bond donors (Lipinski definition) is 1. The maximum Gasteiger partial charge on any atom is 0.123 e. The average molecular weight is 272 g/mol. The van der Waals surface area contributed by atoms with Gasteiger partial charge >= 0.3 is 0 Å². The van der Waals surface area contributed by atoms with E-state index in [1.807, 2.05) is 24.3 Å². The molecular weight excluding hydrogens is 251 g/mol. The third-order valence-electron chi connectivity index (χ3n) is 3.19. The van der Waals surface area contributed by atoms with Gasteiger partial charge < -0.3 is 10.2 Å². The van der Waals surface area contributed by atoms with Crippen LogP contribution in [0.25, 0.3) is 0 Å². The molecule has 2 aromatic carbocycles. The number of rotatable bonds is 6. The van der Waals surface area contributed by atoms with Crippen LogP contribution in [0.15, 0.2) is 54.6 Å². The lowest BCUT2D eigenvalue weighted by molar-refractivity contribution is 0.340. The van der Waals surface area contributed by atoms with Gasteiger partial charge in [0.2, 0.25) is 0 Å². The van der Waals surface area contributed by atoms with E-state index in [0.717, 1.165) is 12.1 Å². The van der Waals surface area contributed by atoms with Gasteiger partial charge in [-0.25, -0.2) is 4.39 Å². The summed E-state index contributed by atoms with van der Waals surface area (Å²) in [6.45, 7) is 1.56. The first-order valence-electron chi connectivity index (χ1n) is 6.82. The summed E-state index contributed by atoms with van der Waals surface area (Å²) in [5.41, 5.74) is 2.21. The van der Waals surface area contributed by atoms with Crippen LogP contribution in [0, 0.1) is 5.82 Å². The SMILES string of the molecule is CN(C)CC(NCc1cccc(F)c1)c1ccccc1. The van der Waals surface area contributed by atoms with Crippen molar-refractivity contribution in [3.63, 3.8) is 0 Å². The number of nitrogens with zero attached hydrogens (tertiary/aromatic N) is 1.